The maximum absolute atomic E-state index is 5.53. The average Bonchev–Trinajstić information content (AvgIpc) is 2.49. The fourth-order valence-corrected chi connectivity index (χ4v) is 0.742. The van der Waals surface area contributed by atoms with Gasteiger partial charge >= 0.3 is 0 Å². The molecule has 0 radical (unpaired) electrons. The molecule has 3 heteroatoms. The highest BCUT2D eigenvalue weighted by Gasteiger charge is 1.99. The zero-order chi connectivity index (χ0) is 9.56. The molecular formula is C9H15N3. The smallest absolute Gasteiger partial charge is 0.0885 e. The molecule has 0 unspecified atom stereocenters. The molecule has 0 aliphatic carbocycles. The van der Waals surface area contributed by atoms with Crippen LogP contribution in [0.15, 0.2) is 19.4 Å². The Morgan fingerprint density at radius 2 is 2.08 bits per heavy atom. The Bertz CT molecular complexity index is 261. The largest absolute Gasteiger partial charge is 0.396 e. The van der Waals surface area contributed by atoms with E-state index in [9.17, 15) is 0 Å². The number of nitrogens with zero attached hydrogens (tertiary/aromatic N) is 2. The van der Waals surface area contributed by atoms with E-state index >= 15 is 0 Å². The fraction of sp³-hybridized carbons (Fsp3) is 0.222. The first-order valence-electron chi connectivity index (χ1n) is 3.87. The molecule has 2 N–H and O–H groups in total. The normalized spacial score (nSPS) is 8.17. The van der Waals surface area contributed by atoms with Crippen LogP contribution in [0.4, 0.5) is 5.69 Å². The molecule has 0 saturated heterocycles. The van der Waals surface area contributed by atoms with Gasteiger partial charge in [-0.3, -0.25) is 0 Å². The van der Waals surface area contributed by atoms with Gasteiger partial charge in [0.1, 0.15) is 0 Å². The van der Waals surface area contributed by atoms with Gasteiger partial charge in [0.25, 0.3) is 0 Å². The van der Waals surface area contributed by atoms with E-state index < -0.39 is 0 Å². The minimum Gasteiger partial charge on any atom is -0.396 e. The average molecular weight is 165 g/mol. The molecule has 1 heterocycles. The summed E-state index contributed by atoms with van der Waals surface area (Å²) in [6.45, 7) is 11.1. The van der Waals surface area contributed by atoms with Crippen LogP contribution in [0.5, 0.6) is 0 Å². The Balaban J connectivity index is 0.000000561. The molecule has 0 aliphatic heterocycles. The number of aromatic nitrogens is 2. The summed E-state index contributed by atoms with van der Waals surface area (Å²) in [5, 5.41) is 3.91. The first-order chi connectivity index (χ1) is 5.79. The Kier molecular flexibility index (Phi) is 4.53. The fourth-order valence-electron chi connectivity index (χ4n) is 0.742. The molecule has 1 rings (SSSR count). The highest BCUT2D eigenvalue weighted by molar-refractivity contribution is 5.60. The molecule has 0 atom stereocenters. The SMILES string of the molecule is C=Cc1c(N)cnn1C=C.CC. The van der Waals surface area contributed by atoms with Gasteiger partial charge in [-0.2, -0.15) is 5.10 Å². The topological polar surface area (TPSA) is 43.8 Å². The lowest BCUT2D eigenvalue weighted by atomic mass is 10.4. The summed E-state index contributed by atoms with van der Waals surface area (Å²) in [5.41, 5.74) is 6.93. The van der Waals surface area contributed by atoms with E-state index in [1.807, 2.05) is 13.8 Å². The molecule has 0 fully saturated rings. The van der Waals surface area contributed by atoms with Crippen LogP contribution in [0.25, 0.3) is 12.3 Å². The molecule has 0 spiro atoms. The van der Waals surface area contributed by atoms with Gasteiger partial charge in [0.2, 0.25) is 0 Å². The molecule has 0 bridgehead atoms. The molecule has 0 saturated carbocycles. The zero-order valence-electron chi connectivity index (χ0n) is 7.62. The van der Waals surface area contributed by atoms with Crippen molar-refractivity contribution in [2.24, 2.45) is 0 Å². The first-order valence-corrected chi connectivity index (χ1v) is 3.87. The first kappa shape index (κ1) is 10.5. The van der Waals surface area contributed by atoms with Gasteiger partial charge in [-0.15, -0.1) is 0 Å². The zero-order valence-corrected chi connectivity index (χ0v) is 7.62. The third-order valence-corrected chi connectivity index (χ3v) is 1.23. The maximum Gasteiger partial charge on any atom is 0.0885 e. The van der Waals surface area contributed by atoms with Crippen molar-refractivity contribution in [3.8, 4) is 0 Å². The third kappa shape index (κ3) is 1.99. The van der Waals surface area contributed by atoms with E-state index in [0.717, 1.165) is 5.69 Å². The number of rotatable bonds is 2. The van der Waals surface area contributed by atoms with Gasteiger partial charge in [-0.05, 0) is 6.08 Å². The molecule has 1 aromatic heterocycles. The number of hydrogen-bond acceptors (Lipinski definition) is 2. The summed E-state index contributed by atoms with van der Waals surface area (Å²) in [4.78, 5) is 0. The Morgan fingerprint density at radius 3 is 2.42 bits per heavy atom. The third-order valence-electron chi connectivity index (χ3n) is 1.23. The molecule has 0 aliphatic rings. The van der Waals surface area contributed by atoms with E-state index in [0.29, 0.717) is 5.69 Å². The van der Waals surface area contributed by atoms with Crippen LogP contribution in [0.3, 0.4) is 0 Å². The quantitative estimate of drug-likeness (QED) is 0.730. The molecule has 66 valence electrons. The van der Waals surface area contributed by atoms with Crippen molar-refractivity contribution >= 4 is 18.0 Å². The van der Waals surface area contributed by atoms with Crippen molar-refractivity contribution in [2.45, 2.75) is 13.8 Å². The van der Waals surface area contributed by atoms with Crippen LogP contribution in [-0.4, -0.2) is 9.78 Å². The molecule has 1 aromatic rings. The molecule has 0 aromatic carbocycles. The second kappa shape index (κ2) is 5.18. The van der Waals surface area contributed by atoms with Gasteiger partial charge in [0, 0.05) is 6.20 Å². The maximum atomic E-state index is 5.53. The van der Waals surface area contributed by atoms with Crippen molar-refractivity contribution in [3.05, 3.63) is 25.0 Å². The summed E-state index contributed by atoms with van der Waals surface area (Å²) in [7, 11) is 0. The van der Waals surface area contributed by atoms with E-state index in [2.05, 4.69) is 18.3 Å². The van der Waals surface area contributed by atoms with Crippen molar-refractivity contribution in [3.63, 3.8) is 0 Å². The van der Waals surface area contributed by atoms with Gasteiger partial charge in [-0.25, -0.2) is 4.68 Å². The number of nitrogen functional groups attached to an aromatic ring is 1. The number of nitrogens with two attached hydrogens (primary N) is 1. The Hall–Kier alpha value is -1.51. The van der Waals surface area contributed by atoms with Crippen LogP contribution < -0.4 is 5.73 Å². The van der Waals surface area contributed by atoms with E-state index in [-0.39, 0.29) is 0 Å². The van der Waals surface area contributed by atoms with Crippen LogP contribution in [-0.2, 0) is 0 Å². The summed E-state index contributed by atoms with van der Waals surface area (Å²) in [5.74, 6) is 0. The highest BCUT2D eigenvalue weighted by Crippen LogP contribution is 2.10. The monoisotopic (exact) mass is 165 g/mol. The van der Waals surface area contributed by atoms with Crippen molar-refractivity contribution in [1.29, 1.82) is 0 Å². The minimum atomic E-state index is 0.620. The summed E-state index contributed by atoms with van der Waals surface area (Å²) in [6.07, 6.45) is 4.79. The molecular weight excluding hydrogens is 150 g/mol. The van der Waals surface area contributed by atoms with Crippen LogP contribution >= 0.6 is 0 Å². The Morgan fingerprint density at radius 1 is 1.50 bits per heavy atom. The van der Waals surface area contributed by atoms with Gasteiger partial charge in [-0.1, -0.05) is 27.0 Å². The summed E-state index contributed by atoms with van der Waals surface area (Å²) in [6, 6.07) is 0. The second-order valence-electron chi connectivity index (χ2n) is 1.82. The number of anilines is 1. The van der Waals surface area contributed by atoms with E-state index in [1.165, 1.54) is 0 Å². The number of hydrogen-bond donors (Lipinski definition) is 1. The lowest BCUT2D eigenvalue weighted by Crippen LogP contribution is -1.92. The van der Waals surface area contributed by atoms with Crippen molar-refractivity contribution in [1.82, 2.24) is 9.78 Å². The minimum absolute atomic E-state index is 0.620. The molecule has 12 heavy (non-hydrogen) atoms. The van der Waals surface area contributed by atoms with Gasteiger partial charge in [0.15, 0.2) is 0 Å². The molecule has 0 amide bonds. The predicted octanol–water partition coefficient (Wildman–Crippen LogP) is 2.24. The van der Waals surface area contributed by atoms with E-state index in [4.69, 9.17) is 5.73 Å². The Labute approximate surface area is 73.2 Å². The summed E-state index contributed by atoms with van der Waals surface area (Å²) < 4.78 is 1.57. The predicted molar refractivity (Wildman–Crippen MR) is 54.5 cm³/mol. The standard InChI is InChI=1S/C7H9N3.C2H6/c1-3-7-6(8)5-9-10(7)4-2;1-2/h3-5H,1-2,8H2;1-2H3. The second-order valence-corrected chi connectivity index (χ2v) is 1.82. The van der Waals surface area contributed by atoms with Crippen LogP contribution in [0.1, 0.15) is 19.5 Å². The van der Waals surface area contributed by atoms with E-state index in [1.54, 1.807) is 23.2 Å². The highest BCUT2D eigenvalue weighted by atomic mass is 15.3. The van der Waals surface area contributed by atoms with Crippen molar-refractivity contribution in [2.75, 3.05) is 5.73 Å². The van der Waals surface area contributed by atoms with Gasteiger partial charge in [0.05, 0.1) is 17.6 Å². The van der Waals surface area contributed by atoms with Crippen molar-refractivity contribution < 1.29 is 0 Å². The lowest BCUT2D eigenvalue weighted by Gasteiger charge is -1.94. The lowest BCUT2D eigenvalue weighted by molar-refractivity contribution is 0.927. The van der Waals surface area contributed by atoms with Gasteiger partial charge < -0.3 is 5.73 Å². The molecule has 3 nitrogen and oxygen atoms in total. The van der Waals surface area contributed by atoms with Crippen LogP contribution in [0.2, 0.25) is 0 Å². The van der Waals surface area contributed by atoms with Crippen LogP contribution in [0, 0.1) is 0 Å². The summed E-state index contributed by atoms with van der Waals surface area (Å²) >= 11 is 0.